The molecule has 1 saturated heterocycles. The molecule has 12 heteroatoms. The summed E-state index contributed by atoms with van der Waals surface area (Å²) < 4.78 is 66.0. The van der Waals surface area contributed by atoms with Crippen molar-refractivity contribution in [1.29, 1.82) is 0 Å². The van der Waals surface area contributed by atoms with Crippen LogP contribution in [-0.2, 0) is 4.74 Å². The van der Waals surface area contributed by atoms with E-state index in [9.17, 15) is 27.0 Å². The third-order valence-electron chi connectivity index (χ3n) is 2.97. The SMILES string of the molecule is C[N+]1(C)CCOC1c1ccc([N+](=O)[O-])cc1.[F][Sb-]([F])([F])([F])([F])[F]. The Morgan fingerprint density at radius 1 is 1.13 bits per heavy atom. The predicted octanol–water partition coefficient (Wildman–Crippen LogP) is 3.84. The second-order valence-electron chi connectivity index (χ2n) is 5.53. The summed E-state index contributed by atoms with van der Waals surface area (Å²) in [5.41, 5.74) is 1.11. The van der Waals surface area contributed by atoms with E-state index in [0.717, 1.165) is 23.2 Å². The van der Waals surface area contributed by atoms with Crippen LogP contribution >= 0.6 is 0 Å². The summed E-state index contributed by atoms with van der Waals surface area (Å²) in [4.78, 5) is 10.1. The molecule has 0 radical (unpaired) electrons. The minimum atomic E-state index is -11.2. The Morgan fingerprint density at radius 3 is 1.87 bits per heavy atom. The number of nitro groups is 1. The molecule has 0 N–H and O–H groups in total. The van der Waals surface area contributed by atoms with Gasteiger partial charge in [-0.2, -0.15) is 0 Å². The summed E-state index contributed by atoms with van der Waals surface area (Å²) in [6.45, 7) is 1.69. The summed E-state index contributed by atoms with van der Waals surface area (Å²) in [5.74, 6) is 0. The fourth-order valence-electron chi connectivity index (χ4n) is 1.98. The van der Waals surface area contributed by atoms with Gasteiger partial charge in [0.2, 0.25) is 6.23 Å². The van der Waals surface area contributed by atoms with Crippen LogP contribution in [0, 0.1) is 10.1 Å². The summed E-state index contributed by atoms with van der Waals surface area (Å²) >= 11 is -11.2. The fourth-order valence-corrected chi connectivity index (χ4v) is 1.98. The van der Waals surface area contributed by atoms with Crippen LogP contribution in [0.5, 0.6) is 0 Å². The van der Waals surface area contributed by atoms with Gasteiger partial charge in [0.05, 0.1) is 19.0 Å². The molecule has 1 aliphatic heterocycles. The Labute approximate surface area is 130 Å². The van der Waals surface area contributed by atoms with Crippen LogP contribution < -0.4 is 0 Å². The first kappa shape index (κ1) is 20.0. The zero-order valence-electron chi connectivity index (χ0n) is 12.1. The number of benzene rings is 1. The van der Waals surface area contributed by atoms with Crippen LogP contribution in [0.2, 0.25) is 0 Å². The van der Waals surface area contributed by atoms with Gasteiger partial charge in [0.25, 0.3) is 5.69 Å². The van der Waals surface area contributed by atoms with E-state index in [2.05, 4.69) is 14.1 Å². The Bertz CT molecular complexity index is 576. The molecule has 1 aromatic rings. The third kappa shape index (κ3) is 8.38. The van der Waals surface area contributed by atoms with Gasteiger partial charge in [0, 0.05) is 17.7 Å². The molecule has 1 unspecified atom stereocenters. The monoisotopic (exact) mass is 458 g/mol. The van der Waals surface area contributed by atoms with Crippen molar-refractivity contribution in [3.05, 3.63) is 39.9 Å². The molecule has 0 bridgehead atoms. The standard InChI is InChI=1S/C11H15N2O3.6FH.Sb/c1-13(2)7-8-16-11(13)9-3-5-10(6-4-9)12(14)15;;;;;;;/h3-6,11H,7-8H2,1-2H3;6*1H;/q+1;;;;;;;+5/p-6. The van der Waals surface area contributed by atoms with Crippen LogP contribution in [0.15, 0.2) is 24.3 Å². The zero-order valence-corrected chi connectivity index (χ0v) is 14.7. The number of nitrogens with zero attached hydrogens (tertiary/aromatic N) is 2. The van der Waals surface area contributed by atoms with E-state index in [-0.39, 0.29) is 16.8 Å². The van der Waals surface area contributed by atoms with E-state index in [4.69, 9.17) is 4.74 Å². The number of hydrogen-bond acceptors (Lipinski definition) is 3. The summed E-state index contributed by atoms with van der Waals surface area (Å²) in [7, 11) is 4.19. The van der Waals surface area contributed by atoms with Crippen molar-refractivity contribution in [1.82, 2.24) is 0 Å². The van der Waals surface area contributed by atoms with Crippen molar-refractivity contribution in [2.45, 2.75) is 6.23 Å². The second-order valence-corrected chi connectivity index (χ2v) is 11.0. The third-order valence-corrected chi connectivity index (χ3v) is 2.97. The van der Waals surface area contributed by atoms with Crippen LogP contribution in [0.1, 0.15) is 11.8 Å². The first-order valence-electron chi connectivity index (χ1n) is 6.21. The molecular weight excluding hydrogens is 444 g/mol. The quantitative estimate of drug-likeness (QED) is 0.222. The number of non-ortho nitro benzene ring substituents is 1. The molecule has 0 amide bonds. The Kier molecular flexibility index (Phi) is 4.77. The van der Waals surface area contributed by atoms with Crippen molar-refractivity contribution in [2.75, 3.05) is 27.2 Å². The van der Waals surface area contributed by atoms with Gasteiger partial charge in [0.15, 0.2) is 0 Å². The van der Waals surface area contributed by atoms with Gasteiger partial charge < -0.3 is 4.74 Å². The molecule has 1 aliphatic rings. The van der Waals surface area contributed by atoms with Gasteiger partial charge in [-0.15, -0.1) is 0 Å². The van der Waals surface area contributed by atoms with Crippen LogP contribution in [0.25, 0.3) is 0 Å². The molecule has 2 rings (SSSR count). The van der Waals surface area contributed by atoms with Crippen molar-refractivity contribution in [3.8, 4) is 0 Å². The van der Waals surface area contributed by atoms with Gasteiger partial charge in [-0.1, -0.05) is 0 Å². The summed E-state index contributed by atoms with van der Waals surface area (Å²) in [5, 5.41) is 10.5. The van der Waals surface area contributed by atoms with Gasteiger partial charge >= 0.3 is 36.4 Å². The van der Waals surface area contributed by atoms with E-state index in [1.807, 2.05) is 0 Å². The Hall–Kier alpha value is -1.06. The van der Waals surface area contributed by atoms with Gasteiger partial charge in [-0.25, -0.2) is 0 Å². The van der Waals surface area contributed by atoms with Crippen LogP contribution in [-0.4, -0.2) is 56.1 Å². The molecular formula is C11H15F6N2O3Sb. The van der Waals surface area contributed by atoms with Gasteiger partial charge in [-0.05, 0) is 12.1 Å². The second kappa shape index (κ2) is 5.49. The number of quaternary nitrogens is 1. The molecule has 1 heterocycles. The first-order valence-corrected chi connectivity index (χ1v) is 12.0. The minimum absolute atomic E-state index is 0.0131. The maximum atomic E-state index is 10.5. The molecule has 1 atom stereocenters. The van der Waals surface area contributed by atoms with E-state index >= 15 is 0 Å². The van der Waals surface area contributed by atoms with E-state index < -0.39 is 19.5 Å². The molecule has 0 saturated carbocycles. The molecule has 5 nitrogen and oxygen atoms in total. The van der Waals surface area contributed by atoms with Gasteiger partial charge in [0.1, 0.15) is 13.2 Å². The average Bonchev–Trinajstić information content (AvgIpc) is 2.65. The molecule has 23 heavy (non-hydrogen) atoms. The van der Waals surface area contributed by atoms with Crippen molar-refractivity contribution in [2.24, 2.45) is 0 Å². The van der Waals surface area contributed by atoms with E-state index in [1.165, 1.54) is 12.1 Å². The Balaban J connectivity index is 0.000000322. The number of hydrogen-bond donors (Lipinski definition) is 0. The predicted molar refractivity (Wildman–Crippen MR) is 71.2 cm³/mol. The molecule has 0 spiro atoms. The van der Waals surface area contributed by atoms with E-state index in [0.29, 0.717) is 0 Å². The number of rotatable bonds is 2. The summed E-state index contributed by atoms with van der Waals surface area (Å²) in [6, 6.07) is 6.59. The molecule has 1 aromatic carbocycles. The van der Waals surface area contributed by atoms with E-state index in [1.54, 1.807) is 12.1 Å². The van der Waals surface area contributed by atoms with Crippen molar-refractivity contribution >= 4 is 25.2 Å². The van der Waals surface area contributed by atoms with Gasteiger partial charge in [-0.3, -0.25) is 14.6 Å². The van der Waals surface area contributed by atoms with Crippen molar-refractivity contribution in [3.63, 3.8) is 0 Å². The number of likely N-dealkylation sites (N-methyl/N-ethyl adjacent to an activating group) is 1. The average molecular weight is 459 g/mol. The Morgan fingerprint density at radius 2 is 1.57 bits per heavy atom. The number of nitro benzene ring substituents is 1. The molecule has 1 fully saturated rings. The molecule has 134 valence electrons. The topological polar surface area (TPSA) is 52.4 Å². The normalized spacial score (nSPS) is 23.2. The maximum absolute atomic E-state index is 11.2. The number of ether oxygens (including phenoxy) is 1. The van der Waals surface area contributed by atoms with Crippen molar-refractivity contribution < 1.29 is 31.0 Å². The van der Waals surface area contributed by atoms with Crippen LogP contribution in [0.4, 0.5) is 22.6 Å². The summed E-state index contributed by atoms with van der Waals surface area (Å²) in [6.07, 6.45) is -0.0131. The fraction of sp³-hybridized carbons (Fsp3) is 0.455. The zero-order chi connectivity index (χ0) is 18.2. The molecule has 0 aromatic heterocycles. The molecule has 0 aliphatic carbocycles. The number of halogens is 6. The first-order chi connectivity index (χ1) is 9.95. The van der Waals surface area contributed by atoms with Crippen LogP contribution in [0.3, 0.4) is 0 Å².